The zero-order valence-corrected chi connectivity index (χ0v) is 15.3. The minimum atomic E-state index is -0.565. The van der Waals surface area contributed by atoms with E-state index < -0.39 is 5.97 Å². The molecule has 0 aliphatic carbocycles. The SMILES string of the molecule is CCc1ccc(C(=O)COC(=O)COCc2nc3ccccc3s2)cc1. The zero-order valence-electron chi connectivity index (χ0n) is 14.4. The van der Waals surface area contributed by atoms with E-state index in [0.717, 1.165) is 27.2 Å². The maximum atomic E-state index is 12.0. The van der Waals surface area contributed by atoms with Gasteiger partial charge in [-0.05, 0) is 24.1 Å². The van der Waals surface area contributed by atoms with Gasteiger partial charge in [0.15, 0.2) is 12.4 Å². The predicted molar refractivity (Wildman–Crippen MR) is 100 cm³/mol. The number of ether oxygens (including phenoxy) is 2. The third-order valence-corrected chi connectivity index (χ3v) is 4.84. The lowest BCUT2D eigenvalue weighted by atomic mass is 10.1. The Morgan fingerprint density at radius 3 is 2.54 bits per heavy atom. The van der Waals surface area contributed by atoms with E-state index in [0.29, 0.717) is 5.56 Å². The first-order chi connectivity index (χ1) is 12.7. The molecule has 1 heterocycles. The van der Waals surface area contributed by atoms with Gasteiger partial charge in [-0.25, -0.2) is 9.78 Å². The third-order valence-electron chi connectivity index (χ3n) is 3.83. The highest BCUT2D eigenvalue weighted by Crippen LogP contribution is 2.21. The van der Waals surface area contributed by atoms with E-state index >= 15 is 0 Å². The zero-order chi connectivity index (χ0) is 18.4. The number of Topliss-reactive ketones (excluding diaryl/α,β-unsaturated/α-hetero) is 1. The molecule has 0 fully saturated rings. The van der Waals surface area contributed by atoms with Gasteiger partial charge in [0.05, 0.1) is 16.8 Å². The molecule has 5 nitrogen and oxygen atoms in total. The Kier molecular flexibility index (Phi) is 6.09. The summed E-state index contributed by atoms with van der Waals surface area (Å²) in [7, 11) is 0. The van der Waals surface area contributed by atoms with Crippen molar-refractivity contribution in [3.63, 3.8) is 0 Å². The van der Waals surface area contributed by atoms with E-state index in [-0.39, 0.29) is 25.6 Å². The second-order valence-electron chi connectivity index (χ2n) is 5.70. The molecule has 0 bridgehead atoms. The van der Waals surface area contributed by atoms with E-state index in [2.05, 4.69) is 4.98 Å². The van der Waals surface area contributed by atoms with Crippen LogP contribution in [0.1, 0.15) is 27.9 Å². The Labute approximate surface area is 155 Å². The van der Waals surface area contributed by atoms with Crippen LogP contribution in [0, 0.1) is 0 Å². The van der Waals surface area contributed by atoms with Crippen molar-refractivity contribution in [3.8, 4) is 0 Å². The number of aryl methyl sites for hydroxylation is 1. The quantitative estimate of drug-likeness (QED) is 0.446. The van der Waals surface area contributed by atoms with Crippen LogP contribution >= 0.6 is 11.3 Å². The summed E-state index contributed by atoms with van der Waals surface area (Å²) in [6.07, 6.45) is 0.912. The standard InChI is InChI=1S/C20H19NO4S/c1-2-14-7-9-15(10-8-14)17(22)11-25-20(23)13-24-12-19-21-16-5-3-4-6-18(16)26-19/h3-10H,2,11-13H2,1H3. The van der Waals surface area contributed by atoms with Gasteiger partial charge in [0.2, 0.25) is 0 Å². The van der Waals surface area contributed by atoms with Gasteiger partial charge in [0, 0.05) is 5.56 Å². The number of para-hydroxylation sites is 1. The Hall–Kier alpha value is -2.57. The molecule has 134 valence electrons. The number of thiazole rings is 1. The molecule has 3 aromatic rings. The van der Waals surface area contributed by atoms with E-state index in [1.807, 2.05) is 43.3 Å². The third kappa shape index (κ3) is 4.74. The van der Waals surface area contributed by atoms with Crippen LogP contribution in [0.15, 0.2) is 48.5 Å². The van der Waals surface area contributed by atoms with Crippen molar-refractivity contribution < 1.29 is 19.1 Å². The van der Waals surface area contributed by atoms with Gasteiger partial charge in [-0.15, -0.1) is 11.3 Å². The largest absolute Gasteiger partial charge is 0.456 e. The molecular formula is C20H19NO4S. The average molecular weight is 369 g/mol. The molecule has 0 saturated heterocycles. The maximum Gasteiger partial charge on any atom is 0.332 e. The van der Waals surface area contributed by atoms with Crippen LogP contribution in [0.4, 0.5) is 0 Å². The van der Waals surface area contributed by atoms with Gasteiger partial charge in [-0.3, -0.25) is 4.79 Å². The number of carbonyl (C=O) groups excluding carboxylic acids is 2. The number of aromatic nitrogens is 1. The number of hydrogen-bond acceptors (Lipinski definition) is 6. The lowest BCUT2D eigenvalue weighted by Crippen LogP contribution is -2.18. The molecule has 0 aliphatic heterocycles. The fourth-order valence-electron chi connectivity index (χ4n) is 2.40. The molecule has 0 atom stereocenters. The van der Waals surface area contributed by atoms with Crippen molar-refractivity contribution in [1.29, 1.82) is 0 Å². The summed E-state index contributed by atoms with van der Waals surface area (Å²) in [5.74, 6) is -0.795. The van der Waals surface area contributed by atoms with Crippen LogP contribution in [0.25, 0.3) is 10.2 Å². The first kappa shape index (κ1) is 18.2. The van der Waals surface area contributed by atoms with Gasteiger partial charge in [-0.1, -0.05) is 43.3 Å². The number of esters is 1. The smallest absolute Gasteiger partial charge is 0.332 e. The molecule has 3 rings (SSSR count). The van der Waals surface area contributed by atoms with E-state index in [9.17, 15) is 9.59 Å². The van der Waals surface area contributed by atoms with Crippen LogP contribution in [0.5, 0.6) is 0 Å². The topological polar surface area (TPSA) is 65.5 Å². The minimum absolute atomic E-state index is 0.210. The lowest BCUT2D eigenvalue weighted by molar-refractivity contribution is -0.148. The Bertz CT molecular complexity index is 869. The van der Waals surface area contributed by atoms with Crippen molar-refractivity contribution in [3.05, 3.63) is 64.7 Å². The lowest BCUT2D eigenvalue weighted by Gasteiger charge is -2.05. The van der Waals surface area contributed by atoms with Gasteiger partial charge in [-0.2, -0.15) is 0 Å². The highest BCUT2D eigenvalue weighted by Gasteiger charge is 2.11. The summed E-state index contributed by atoms with van der Waals surface area (Å²) in [5.41, 5.74) is 2.60. The van der Waals surface area contributed by atoms with Crippen molar-refractivity contribution in [2.24, 2.45) is 0 Å². The normalized spacial score (nSPS) is 10.8. The van der Waals surface area contributed by atoms with Crippen molar-refractivity contribution in [2.75, 3.05) is 13.2 Å². The summed E-state index contributed by atoms with van der Waals surface area (Å²) in [4.78, 5) is 28.2. The van der Waals surface area contributed by atoms with E-state index in [1.54, 1.807) is 12.1 Å². The molecule has 0 aliphatic rings. The van der Waals surface area contributed by atoms with Crippen molar-refractivity contribution >= 4 is 33.3 Å². The van der Waals surface area contributed by atoms with Gasteiger partial charge in [0.25, 0.3) is 0 Å². The highest BCUT2D eigenvalue weighted by molar-refractivity contribution is 7.18. The van der Waals surface area contributed by atoms with Crippen LogP contribution < -0.4 is 0 Å². The summed E-state index contributed by atoms with van der Waals surface area (Å²) in [6, 6.07) is 15.1. The molecule has 0 amide bonds. The molecule has 0 radical (unpaired) electrons. The number of benzene rings is 2. The van der Waals surface area contributed by atoms with Crippen molar-refractivity contribution in [2.45, 2.75) is 20.0 Å². The fraction of sp³-hybridized carbons (Fsp3) is 0.250. The molecule has 0 N–H and O–H groups in total. The molecule has 0 spiro atoms. The van der Waals surface area contributed by atoms with E-state index in [1.165, 1.54) is 11.3 Å². The molecular weight excluding hydrogens is 350 g/mol. The number of hydrogen-bond donors (Lipinski definition) is 0. The van der Waals surface area contributed by atoms with Crippen LogP contribution in [0.3, 0.4) is 0 Å². The number of rotatable bonds is 8. The second kappa shape index (κ2) is 8.69. The maximum absolute atomic E-state index is 12.0. The summed E-state index contributed by atoms with van der Waals surface area (Å²) in [5, 5.41) is 0.797. The summed E-state index contributed by atoms with van der Waals surface area (Å²) < 4.78 is 11.4. The average Bonchev–Trinajstić information content (AvgIpc) is 3.09. The van der Waals surface area contributed by atoms with Crippen LogP contribution in [0.2, 0.25) is 0 Å². The molecule has 26 heavy (non-hydrogen) atoms. The fourth-order valence-corrected chi connectivity index (χ4v) is 3.31. The monoisotopic (exact) mass is 369 g/mol. The summed E-state index contributed by atoms with van der Waals surface area (Å²) >= 11 is 1.53. The van der Waals surface area contributed by atoms with Gasteiger partial charge < -0.3 is 9.47 Å². The molecule has 2 aromatic carbocycles. The number of ketones is 1. The molecule has 1 aromatic heterocycles. The first-order valence-corrected chi connectivity index (χ1v) is 9.17. The predicted octanol–water partition coefficient (Wildman–Crippen LogP) is 3.80. The summed E-state index contributed by atoms with van der Waals surface area (Å²) in [6.45, 7) is 1.79. The van der Waals surface area contributed by atoms with Crippen molar-refractivity contribution in [1.82, 2.24) is 4.98 Å². The number of fused-ring (bicyclic) bond motifs is 1. The van der Waals surface area contributed by atoms with E-state index in [4.69, 9.17) is 9.47 Å². The Balaban J connectivity index is 1.41. The number of carbonyl (C=O) groups is 2. The molecule has 6 heteroatoms. The molecule has 0 saturated carbocycles. The minimum Gasteiger partial charge on any atom is -0.456 e. The van der Waals surface area contributed by atoms with Gasteiger partial charge in [0.1, 0.15) is 11.6 Å². The Morgan fingerprint density at radius 1 is 1.04 bits per heavy atom. The second-order valence-corrected chi connectivity index (χ2v) is 6.82. The molecule has 0 unspecified atom stereocenters. The number of nitrogens with zero attached hydrogens (tertiary/aromatic N) is 1. The first-order valence-electron chi connectivity index (χ1n) is 8.35. The van der Waals surface area contributed by atoms with Crippen LogP contribution in [-0.2, 0) is 27.3 Å². The Morgan fingerprint density at radius 2 is 1.81 bits per heavy atom. The highest BCUT2D eigenvalue weighted by atomic mass is 32.1. The van der Waals surface area contributed by atoms with Gasteiger partial charge >= 0.3 is 5.97 Å². The van der Waals surface area contributed by atoms with Crippen LogP contribution in [-0.4, -0.2) is 30.0 Å².